The molecule has 2 rings (SSSR count). The molecule has 18 heavy (non-hydrogen) atoms. The van der Waals surface area contributed by atoms with Crippen LogP contribution in [-0.4, -0.2) is 29.5 Å². The number of nitrogens with zero attached hydrogens (tertiary/aromatic N) is 2. The molecule has 0 saturated heterocycles. The van der Waals surface area contributed by atoms with Gasteiger partial charge in [-0.1, -0.05) is 17.3 Å². The van der Waals surface area contributed by atoms with Gasteiger partial charge in [0, 0.05) is 18.7 Å². The van der Waals surface area contributed by atoms with Crippen molar-refractivity contribution >= 4 is 5.84 Å². The number of hydrogen-bond donors (Lipinski definition) is 2. The Morgan fingerprint density at radius 3 is 2.78 bits per heavy atom. The van der Waals surface area contributed by atoms with Crippen LogP contribution in [-0.2, 0) is 6.54 Å². The van der Waals surface area contributed by atoms with E-state index in [4.69, 9.17) is 10.9 Å². The summed E-state index contributed by atoms with van der Waals surface area (Å²) in [5, 5.41) is 11.7. The molecule has 0 unspecified atom stereocenters. The van der Waals surface area contributed by atoms with Gasteiger partial charge in [0.1, 0.15) is 0 Å². The van der Waals surface area contributed by atoms with Crippen molar-refractivity contribution in [2.45, 2.75) is 26.3 Å². The summed E-state index contributed by atoms with van der Waals surface area (Å²) in [4.78, 5) is 2.36. The second-order valence-corrected chi connectivity index (χ2v) is 5.27. The third kappa shape index (κ3) is 3.23. The number of amidine groups is 1. The monoisotopic (exact) mass is 247 g/mol. The molecule has 0 spiro atoms. The zero-order chi connectivity index (χ0) is 13.1. The molecule has 1 fully saturated rings. The summed E-state index contributed by atoms with van der Waals surface area (Å²) >= 11 is 0. The van der Waals surface area contributed by atoms with Gasteiger partial charge in [-0.25, -0.2) is 0 Å². The molecule has 1 aromatic carbocycles. The molecule has 0 radical (unpaired) electrons. The fraction of sp³-hybridized carbons (Fsp3) is 0.500. The maximum atomic E-state index is 8.65. The minimum atomic E-state index is 0.163. The lowest BCUT2D eigenvalue weighted by atomic mass is 10.0. The summed E-state index contributed by atoms with van der Waals surface area (Å²) < 4.78 is 0. The van der Waals surface area contributed by atoms with Crippen molar-refractivity contribution < 1.29 is 5.21 Å². The molecule has 0 bridgehead atoms. The predicted molar refractivity (Wildman–Crippen MR) is 72.7 cm³/mol. The van der Waals surface area contributed by atoms with Gasteiger partial charge in [-0.05, 0) is 49.9 Å². The molecule has 0 atom stereocenters. The largest absolute Gasteiger partial charge is 0.409 e. The van der Waals surface area contributed by atoms with Crippen molar-refractivity contribution in [3.05, 3.63) is 34.9 Å². The Bertz CT molecular complexity index is 452. The van der Waals surface area contributed by atoms with E-state index in [0.29, 0.717) is 0 Å². The first-order chi connectivity index (χ1) is 8.60. The number of hydrogen-bond acceptors (Lipinski definition) is 3. The number of oxime groups is 1. The number of rotatable bonds is 5. The quantitative estimate of drug-likeness (QED) is 0.362. The topological polar surface area (TPSA) is 61.9 Å². The highest BCUT2D eigenvalue weighted by Gasteiger charge is 2.22. The van der Waals surface area contributed by atoms with Crippen LogP contribution in [0.4, 0.5) is 0 Å². The second kappa shape index (κ2) is 5.40. The highest BCUT2D eigenvalue weighted by molar-refractivity contribution is 5.97. The first-order valence-corrected chi connectivity index (χ1v) is 6.36. The SMILES string of the molecule is Cc1cc(/C(N)=N/O)ccc1CN(C)CC1CC1. The van der Waals surface area contributed by atoms with Crippen molar-refractivity contribution in [3.8, 4) is 0 Å². The Morgan fingerprint density at radius 2 is 2.22 bits per heavy atom. The van der Waals surface area contributed by atoms with Gasteiger partial charge >= 0.3 is 0 Å². The zero-order valence-electron chi connectivity index (χ0n) is 11.1. The average molecular weight is 247 g/mol. The number of benzene rings is 1. The summed E-state index contributed by atoms with van der Waals surface area (Å²) in [5.74, 6) is 1.07. The van der Waals surface area contributed by atoms with Gasteiger partial charge in [0.25, 0.3) is 0 Å². The Balaban J connectivity index is 2.04. The first-order valence-electron chi connectivity index (χ1n) is 6.36. The molecule has 0 heterocycles. The van der Waals surface area contributed by atoms with E-state index >= 15 is 0 Å². The van der Waals surface area contributed by atoms with E-state index in [9.17, 15) is 0 Å². The van der Waals surface area contributed by atoms with Crippen LogP contribution in [0, 0.1) is 12.8 Å². The molecule has 1 aliphatic rings. The maximum Gasteiger partial charge on any atom is 0.170 e. The van der Waals surface area contributed by atoms with E-state index in [1.807, 2.05) is 12.1 Å². The van der Waals surface area contributed by atoms with Crippen LogP contribution < -0.4 is 5.73 Å². The van der Waals surface area contributed by atoms with E-state index in [-0.39, 0.29) is 5.84 Å². The average Bonchev–Trinajstić information content (AvgIpc) is 3.14. The van der Waals surface area contributed by atoms with Crippen molar-refractivity contribution in [1.82, 2.24) is 4.90 Å². The molecule has 0 aliphatic heterocycles. The number of nitrogens with two attached hydrogens (primary N) is 1. The predicted octanol–water partition coefficient (Wildman–Crippen LogP) is 1.93. The van der Waals surface area contributed by atoms with Crippen LogP contribution in [0.2, 0.25) is 0 Å². The smallest absolute Gasteiger partial charge is 0.170 e. The third-order valence-corrected chi connectivity index (χ3v) is 3.45. The van der Waals surface area contributed by atoms with Gasteiger partial charge in [0.2, 0.25) is 0 Å². The highest BCUT2D eigenvalue weighted by atomic mass is 16.4. The van der Waals surface area contributed by atoms with E-state index in [1.165, 1.54) is 30.5 Å². The molecule has 1 aliphatic carbocycles. The molecule has 1 saturated carbocycles. The van der Waals surface area contributed by atoms with Crippen LogP contribution in [0.15, 0.2) is 23.4 Å². The molecule has 4 nitrogen and oxygen atoms in total. The van der Waals surface area contributed by atoms with Crippen molar-refractivity contribution in [3.63, 3.8) is 0 Å². The molecule has 0 amide bonds. The Labute approximate surface area is 108 Å². The summed E-state index contributed by atoms with van der Waals surface area (Å²) in [6, 6.07) is 5.93. The van der Waals surface area contributed by atoms with Crippen LogP contribution in [0.25, 0.3) is 0 Å². The molecule has 4 heteroatoms. The lowest BCUT2D eigenvalue weighted by molar-refractivity contribution is 0.312. The molecule has 1 aromatic rings. The minimum absolute atomic E-state index is 0.163. The van der Waals surface area contributed by atoms with Crippen molar-refractivity contribution in [2.24, 2.45) is 16.8 Å². The van der Waals surface area contributed by atoms with Crippen LogP contribution >= 0.6 is 0 Å². The second-order valence-electron chi connectivity index (χ2n) is 5.27. The summed E-state index contributed by atoms with van der Waals surface area (Å²) in [6.07, 6.45) is 2.76. The van der Waals surface area contributed by atoms with E-state index < -0.39 is 0 Å². The summed E-state index contributed by atoms with van der Waals surface area (Å²) in [5.41, 5.74) is 8.83. The van der Waals surface area contributed by atoms with Gasteiger partial charge in [-0.2, -0.15) is 0 Å². The van der Waals surface area contributed by atoms with Crippen LogP contribution in [0.5, 0.6) is 0 Å². The Kier molecular flexibility index (Phi) is 3.87. The fourth-order valence-corrected chi connectivity index (χ4v) is 2.19. The molecular formula is C14H21N3O. The highest BCUT2D eigenvalue weighted by Crippen LogP contribution is 2.29. The number of aryl methyl sites for hydroxylation is 1. The fourth-order valence-electron chi connectivity index (χ4n) is 2.19. The van der Waals surface area contributed by atoms with E-state index in [1.54, 1.807) is 0 Å². The van der Waals surface area contributed by atoms with E-state index in [2.05, 4.69) is 30.1 Å². The third-order valence-electron chi connectivity index (χ3n) is 3.45. The Hall–Kier alpha value is -1.55. The Morgan fingerprint density at radius 1 is 1.50 bits per heavy atom. The lowest BCUT2D eigenvalue weighted by Crippen LogP contribution is -2.21. The van der Waals surface area contributed by atoms with Gasteiger partial charge in [0.15, 0.2) is 5.84 Å². The summed E-state index contributed by atoms with van der Waals surface area (Å²) in [6.45, 7) is 4.20. The first kappa shape index (κ1) is 12.9. The van der Waals surface area contributed by atoms with E-state index in [0.717, 1.165) is 18.0 Å². The van der Waals surface area contributed by atoms with Crippen LogP contribution in [0.3, 0.4) is 0 Å². The lowest BCUT2D eigenvalue weighted by Gasteiger charge is -2.18. The maximum absolute atomic E-state index is 8.65. The molecule has 3 N–H and O–H groups in total. The molecule has 0 aromatic heterocycles. The minimum Gasteiger partial charge on any atom is -0.409 e. The van der Waals surface area contributed by atoms with Crippen molar-refractivity contribution in [2.75, 3.05) is 13.6 Å². The van der Waals surface area contributed by atoms with Crippen molar-refractivity contribution in [1.29, 1.82) is 0 Å². The molecule has 98 valence electrons. The normalized spacial score (nSPS) is 16.3. The van der Waals surface area contributed by atoms with Crippen LogP contribution in [0.1, 0.15) is 29.5 Å². The summed E-state index contributed by atoms with van der Waals surface area (Å²) in [7, 11) is 2.16. The van der Waals surface area contributed by atoms with Gasteiger partial charge in [-0.3, -0.25) is 0 Å². The zero-order valence-corrected chi connectivity index (χ0v) is 11.1. The van der Waals surface area contributed by atoms with Gasteiger partial charge in [-0.15, -0.1) is 0 Å². The van der Waals surface area contributed by atoms with Gasteiger partial charge in [0.05, 0.1) is 0 Å². The van der Waals surface area contributed by atoms with Gasteiger partial charge < -0.3 is 15.8 Å². The molecular weight excluding hydrogens is 226 g/mol. The standard InChI is InChI=1S/C14H21N3O/c1-10-7-12(14(15)16-18)5-6-13(10)9-17(2)8-11-3-4-11/h5-7,11,18H,3-4,8-9H2,1-2H3,(H2,15,16).